The predicted molar refractivity (Wildman–Crippen MR) is 62.5 cm³/mol. The van der Waals surface area contributed by atoms with Crippen LogP contribution in [0.3, 0.4) is 0 Å². The maximum atomic E-state index is 11.9. The first kappa shape index (κ1) is 12.5. The first-order chi connectivity index (χ1) is 6.99. The van der Waals surface area contributed by atoms with Gasteiger partial charge in [-0.15, -0.1) is 0 Å². The van der Waals surface area contributed by atoms with Gasteiger partial charge in [-0.05, 0) is 26.7 Å². The molecule has 0 atom stereocenters. The second-order valence-corrected chi connectivity index (χ2v) is 5.31. The number of amides is 1. The van der Waals surface area contributed by atoms with E-state index in [1.54, 1.807) is 0 Å². The van der Waals surface area contributed by atoms with Crippen LogP contribution in [0.15, 0.2) is 0 Å². The van der Waals surface area contributed by atoms with E-state index in [0.29, 0.717) is 6.42 Å². The molecule has 1 aliphatic rings. The highest BCUT2D eigenvalue weighted by Crippen LogP contribution is 2.13. The lowest BCUT2D eigenvalue weighted by Gasteiger charge is -2.28. The number of likely N-dealkylation sites (tertiary alicyclic amines) is 1. The first-order valence-corrected chi connectivity index (χ1v) is 6.06. The molecule has 3 heteroatoms. The normalized spacial score (nSPS) is 19.5. The van der Waals surface area contributed by atoms with Crippen molar-refractivity contribution in [2.45, 2.75) is 57.9 Å². The van der Waals surface area contributed by atoms with Gasteiger partial charge in [0.1, 0.15) is 0 Å². The van der Waals surface area contributed by atoms with Gasteiger partial charge in [0.2, 0.25) is 5.91 Å². The Labute approximate surface area is 93.0 Å². The molecule has 0 saturated carbocycles. The third-order valence-electron chi connectivity index (χ3n) is 2.82. The number of nitrogens with two attached hydrogens (primary N) is 1. The lowest BCUT2D eigenvalue weighted by molar-refractivity contribution is -0.132. The van der Waals surface area contributed by atoms with Crippen LogP contribution in [-0.2, 0) is 4.79 Å². The Balaban J connectivity index is 2.42. The summed E-state index contributed by atoms with van der Waals surface area (Å²) < 4.78 is 0. The van der Waals surface area contributed by atoms with Gasteiger partial charge in [0.15, 0.2) is 0 Å². The number of carbonyl (C=O) groups is 1. The highest BCUT2D eigenvalue weighted by atomic mass is 16.2. The SMILES string of the molecule is CC(C)(N)CC(=O)N1CCCCCCC1. The number of hydrogen-bond donors (Lipinski definition) is 1. The largest absolute Gasteiger partial charge is 0.343 e. The second-order valence-electron chi connectivity index (χ2n) is 5.31. The van der Waals surface area contributed by atoms with Crippen LogP contribution in [0, 0.1) is 0 Å². The van der Waals surface area contributed by atoms with E-state index in [9.17, 15) is 4.79 Å². The lowest BCUT2D eigenvalue weighted by atomic mass is 10.0. The van der Waals surface area contributed by atoms with Crippen molar-refractivity contribution in [2.24, 2.45) is 5.73 Å². The molecular weight excluding hydrogens is 188 g/mol. The third kappa shape index (κ3) is 5.17. The van der Waals surface area contributed by atoms with Crippen LogP contribution in [0.25, 0.3) is 0 Å². The quantitative estimate of drug-likeness (QED) is 0.760. The van der Waals surface area contributed by atoms with Crippen molar-refractivity contribution in [3.05, 3.63) is 0 Å². The Morgan fingerprint density at radius 2 is 1.60 bits per heavy atom. The van der Waals surface area contributed by atoms with E-state index >= 15 is 0 Å². The monoisotopic (exact) mass is 212 g/mol. The van der Waals surface area contributed by atoms with Crippen molar-refractivity contribution < 1.29 is 4.79 Å². The molecule has 1 rings (SSSR count). The van der Waals surface area contributed by atoms with E-state index in [1.807, 2.05) is 18.7 Å². The van der Waals surface area contributed by atoms with E-state index in [-0.39, 0.29) is 11.4 Å². The zero-order valence-corrected chi connectivity index (χ0v) is 10.1. The Morgan fingerprint density at radius 1 is 1.13 bits per heavy atom. The van der Waals surface area contributed by atoms with E-state index in [0.717, 1.165) is 25.9 Å². The summed E-state index contributed by atoms with van der Waals surface area (Å²) in [5, 5.41) is 0. The van der Waals surface area contributed by atoms with Crippen LogP contribution in [0.1, 0.15) is 52.4 Å². The molecule has 0 aromatic heterocycles. The molecule has 1 fully saturated rings. The summed E-state index contributed by atoms with van der Waals surface area (Å²) in [6, 6.07) is 0. The van der Waals surface area contributed by atoms with Crippen LogP contribution in [0.4, 0.5) is 0 Å². The second kappa shape index (κ2) is 5.50. The van der Waals surface area contributed by atoms with Crippen molar-refractivity contribution in [2.75, 3.05) is 13.1 Å². The summed E-state index contributed by atoms with van der Waals surface area (Å²) >= 11 is 0. The van der Waals surface area contributed by atoms with Gasteiger partial charge in [-0.2, -0.15) is 0 Å². The molecule has 0 aromatic carbocycles. The maximum Gasteiger partial charge on any atom is 0.224 e. The molecular formula is C12H24N2O. The molecule has 1 saturated heterocycles. The molecule has 0 aromatic rings. The van der Waals surface area contributed by atoms with Gasteiger partial charge in [0.25, 0.3) is 0 Å². The Morgan fingerprint density at radius 3 is 2.07 bits per heavy atom. The minimum atomic E-state index is -0.376. The summed E-state index contributed by atoms with van der Waals surface area (Å²) in [5.41, 5.74) is 5.49. The van der Waals surface area contributed by atoms with Crippen LogP contribution in [0.2, 0.25) is 0 Å². The number of nitrogens with zero attached hydrogens (tertiary/aromatic N) is 1. The van der Waals surface area contributed by atoms with Gasteiger partial charge in [-0.1, -0.05) is 19.3 Å². The highest BCUT2D eigenvalue weighted by molar-refractivity contribution is 5.77. The highest BCUT2D eigenvalue weighted by Gasteiger charge is 2.21. The number of hydrogen-bond acceptors (Lipinski definition) is 2. The van der Waals surface area contributed by atoms with Gasteiger partial charge in [-0.25, -0.2) is 0 Å². The topological polar surface area (TPSA) is 46.3 Å². The summed E-state index contributed by atoms with van der Waals surface area (Å²) in [7, 11) is 0. The molecule has 1 amide bonds. The van der Waals surface area contributed by atoms with E-state index < -0.39 is 0 Å². The van der Waals surface area contributed by atoms with Gasteiger partial charge >= 0.3 is 0 Å². The molecule has 15 heavy (non-hydrogen) atoms. The summed E-state index contributed by atoms with van der Waals surface area (Å²) in [4.78, 5) is 13.9. The zero-order chi connectivity index (χ0) is 11.3. The molecule has 0 spiro atoms. The van der Waals surface area contributed by atoms with Crippen LogP contribution >= 0.6 is 0 Å². The van der Waals surface area contributed by atoms with Crippen molar-refractivity contribution in [3.8, 4) is 0 Å². The van der Waals surface area contributed by atoms with Gasteiger partial charge in [0.05, 0.1) is 0 Å². The Hall–Kier alpha value is -0.570. The Bertz CT molecular complexity index is 200. The molecule has 88 valence electrons. The summed E-state index contributed by atoms with van der Waals surface area (Å²) in [6.45, 7) is 5.67. The zero-order valence-electron chi connectivity index (χ0n) is 10.1. The molecule has 0 aliphatic carbocycles. The van der Waals surface area contributed by atoms with Crippen LogP contribution in [0.5, 0.6) is 0 Å². The molecule has 3 nitrogen and oxygen atoms in total. The average molecular weight is 212 g/mol. The van der Waals surface area contributed by atoms with Crippen molar-refractivity contribution in [1.29, 1.82) is 0 Å². The fraction of sp³-hybridized carbons (Fsp3) is 0.917. The maximum absolute atomic E-state index is 11.9. The van der Waals surface area contributed by atoms with Crippen molar-refractivity contribution in [3.63, 3.8) is 0 Å². The van der Waals surface area contributed by atoms with Crippen LogP contribution < -0.4 is 5.73 Å². The molecule has 2 N–H and O–H groups in total. The predicted octanol–water partition coefficient (Wildman–Crippen LogP) is 1.91. The number of carbonyl (C=O) groups excluding carboxylic acids is 1. The minimum Gasteiger partial charge on any atom is -0.343 e. The minimum absolute atomic E-state index is 0.226. The molecule has 1 aliphatic heterocycles. The molecule has 1 heterocycles. The van der Waals surface area contributed by atoms with Crippen LogP contribution in [-0.4, -0.2) is 29.4 Å². The fourth-order valence-corrected chi connectivity index (χ4v) is 2.00. The van der Waals surface area contributed by atoms with Crippen molar-refractivity contribution >= 4 is 5.91 Å². The molecule has 0 bridgehead atoms. The Kier molecular flexibility index (Phi) is 4.58. The summed E-state index contributed by atoms with van der Waals surface area (Å²) in [5.74, 6) is 0.226. The van der Waals surface area contributed by atoms with Crippen molar-refractivity contribution in [1.82, 2.24) is 4.90 Å². The van der Waals surface area contributed by atoms with Gasteiger partial charge in [0, 0.05) is 25.0 Å². The van der Waals surface area contributed by atoms with Gasteiger partial charge in [-0.3, -0.25) is 4.79 Å². The lowest BCUT2D eigenvalue weighted by Crippen LogP contribution is -2.42. The van der Waals surface area contributed by atoms with Gasteiger partial charge < -0.3 is 10.6 Å². The molecule has 0 unspecified atom stereocenters. The third-order valence-corrected chi connectivity index (χ3v) is 2.82. The van der Waals surface area contributed by atoms with E-state index in [2.05, 4.69) is 0 Å². The standard InChI is InChI=1S/C12H24N2O/c1-12(2,13)10-11(15)14-8-6-4-3-5-7-9-14/h3-10,13H2,1-2H3. The number of rotatable bonds is 2. The fourth-order valence-electron chi connectivity index (χ4n) is 2.00. The van der Waals surface area contributed by atoms with E-state index in [4.69, 9.17) is 5.73 Å². The molecule has 0 radical (unpaired) electrons. The summed E-state index contributed by atoms with van der Waals surface area (Å²) in [6.07, 6.45) is 6.61. The smallest absolute Gasteiger partial charge is 0.224 e. The van der Waals surface area contributed by atoms with E-state index in [1.165, 1.54) is 19.3 Å². The average Bonchev–Trinajstić information content (AvgIpc) is 1.98. The first-order valence-electron chi connectivity index (χ1n) is 6.06.